The molecule has 0 aliphatic rings. The third-order valence-corrected chi connectivity index (χ3v) is 5.40. The average molecular weight is 453 g/mol. The summed E-state index contributed by atoms with van der Waals surface area (Å²) in [6, 6.07) is 22.1. The predicted molar refractivity (Wildman–Crippen MR) is 132 cm³/mol. The fourth-order valence-electron chi connectivity index (χ4n) is 3.66. The van der Waals surface area contributed by atoms with E-state index >= 15 is 0 Å². The van der Waals surface area contributed by atoms with E-state index < -0.39 is 11.8 Å². The van der Waals surface area contributed by atoms with Crippen molar-refractivity contribution in [2.24, 2.45) is 0 Å². The number of aromatic nitrogens is 2. The molecule has 170 valence electrons. The van der Waals surface area contributed by atoms with Crippen molar-refractivity contribution < 1.29 is 9.59 Å². The largest absolute Gasteiger partial charge is 0.290 e. The Morgan fingerprint density at radius 3 is 2.35 bits per heavy atom. The number of aryl methyl sites for hydroxylation is 2. The third kappa shape index (κ3) is 5.10. The first kappa shape index (κ1) is 22.7. The van der Waals surface area contributed by atoms with E-state index in [1.165, 1.54) is 10.8 Å². The summed E-state index contributed by atoms with van der Waals surface area (Å²) in [6.07, 6.45) is 3.03. The van der Waals surface area contributed by atoms with Gasteiger partial charge in [-0.25, -0.2) is 4.68 Å². The Hall–Kier alpha value is -4.52. The Labute approximate surface area is 196 Å². The van der Waals surface area contributed by atoms with E-state index in [4.69, 9.17) is 0 Å². The Bertz CT molecular complexity index is 1460. The second kappa shape index (κ2) is 9.95. The molecule has 7 nitrogen and oxygen atoms in total. The lowest BCUT2D eigenvalue weighted by Gasteiger charge is -2.11. The smallest absolute Gasteiger partial charge is 0.268 e. The summed E-state index contributed by atoms with van der Waals surface area (Å²) in [7, 11) is 0. The number of rotatable bonds is 5. The second-order valence-electron chi connectivity index (χ2n) is 7.98. The second-order valence-corrected chi connectivity index (χ2v) is 7.98. The minimum atomic E-state index is -0.619. The van der Waals surface area contributed by atoms with Crippen molar-refractivity contribution >= 4 is 28.7 Å². The van der Waals surface area contributed by atoms with Crippen LogP contribution in [-0.2, 0) is 11.3 Å². The molecule has 0 saturated carbocycles. The van der Waals surface area contributed by atoms with Crippen molar-refractivity contribution in [2.75, 3.05) is 0 Å². The van der Waals surface area contributed by atoms with Gasteiger partial charge in [-0.2, -0.15) is 5.10 Å². The molecular weight excluding hydrogens is 428 g/mol. The first-order valence-electron chi connectivity index (χ1n) is 10.8. The molecule has 0 aliphatic heterocycles. The summed E-state index contributed by atoms with van der Waals surface area (Å²) in [6.45, 7) is 4.19. The standard InChI is InChI=1S/C27H24N4O3/c1-18-12-13-21(19(2)16-18)14-15-24(32)28-29-26(33)25-22-10-6-7-11-23(22)27(34)31(30-25)17-20-8-4-3-5-9-20/h3-16H,17H2,1-2H3,(H,28,32)(H,29,33)/b15-14+. The highest BCUT2D eigenvalue weighted by Gasteiger charge is 2.17. The Kier molecular flexibility index (Phi) is 6.64. The van der Waals surface area contributed by atoms with Crippen LogP contribution >= 0.6 is 0 Å². The number of carbonyl (C=O) groups is 2. The molecule has 0 aliphatic carbocycles. The lowest BCUT2D eigenvalue weighted by atomic mass is 10.1. The van der Waals surface area contributed by atoms with Crippen LogP contribution in [0.3, 0.4) is 0 Å². The van der Waals surface area contributed by atoms with Crippen molar-refractivity contribution in [1.29, 1.82) is 0 Å². The van der Waals surface area contributed by atoms with Gasteiger partial charge in [0, 0.05) is 11.5 Å². The molecule has 0 saturated heterocycles. The number of nitrogens with zero attached hydrogens (tertiary/aromatic N) is 2. The van der Waals surface area contributed by atoms with Crippen LogP contribution in [0.1, 0.15) is 32.7 Å². The summed E-state index contributed by atoms with van der Waals surface area (Å²) in [5.74, 6) is -1.11. The molecule has 0 radical (unpaired) electrons. The highest BCUT2D eigenvalue weighted by molar-refractivity contribution is 6.05. The lowest BCUT2D eigenvalue weighted by Crippen LogP contribution is -2.42. The number of fused-ring (bicyclic) bond motifs is 1. The maximum atomic E-state index is 12.9. The number of nitrogens with one attached hydrogen (secondary N) is 2. The molecule has 0 bridgehead atoms. The minimum absolute atomic E-state index is 0.0461. The Morgan fingerprint density at radius 2 is 1.62 bits per heavy atom. The first-order chi connectivity index (χ1) is 16.4. The molecule has 2 N–H and O–H groups in total. The van der Waals surface area contributed by atoms with E-state index in [2.05, 4.69) is 16.0 Å². The molecular formula is C27H24N4O3. The highest BCUT2D eigenvalue weighted by atomic mass is 16.2. The monoisotopic (exact) mass is 452 g/mol. The zero-order chi connectivity index (χ0) is 24.1. The molecule has 1 heterocycles. The molecule has 0 unspecified atom stereocenters. The summed E-state index contributed by atoms with van der Waals surface area (Å²) in [4.78, 5) is 38.1. The number of carbonyl (C=O) groups excluding carboxylic acids is 2. The topological polar surface area (TPSA) is 93.1 Å². The van der Waals surface area contributed by atoms with E-state index in [1.54, 1.807) is 30.3 Å². The number of hydrogen-bond acceptors (Lipinski definition) is 4. The van der Waals surface area contributed by atoms with Gasteiger partial charge in [0.15, 0.2) is 5.69 Å². The summed E-state index contributed by atoms with van der Waals surface area (Å²) >= 11 is 0. The maximum Gasteiger partial charge on any atom is 0.290 e. The highest BCUT2D eigenvalue weighted by Crippen LogP contribution is 2.14. The number of hydrogen-bond donors (Lipinski definition) is 2. The van der Waals surface area contributed by atoms with Crippen molar-refractivity contribution in [2.45, 2.75) is 20.4 Å². The molecule has 0 spiro atoms. The van der Waals surface area contributed by atoms with Crippen molar-refractivity contribution in [3.8, 4) is 0 Å². The van der Waals surface area contributed by atoms with Gasteiger partial charge < -0.3 is 0 Å². The van der Waals surface area contributed by atoms with Crippen molar-refractivity contribution in [3.63, 3.8) is 0 Å². The van der Waals surface area contributed by atoms with Gasteiger partial charge in [0.05, 0.1) is 11.9 Å². The van der Waals surface area contributed by atoms with Gasteiger partial charge in [-0.1, -0.05) is 72.3 Å². The normalized spacial score (nSPS) is 11.0. The first-order valence-corrected chi connectivity index (χ1v) is 10.8. The summed E-state index contributed by atoms with van der Waals surface area (Å²) < 4.78 is 1.26. The van der Waals surface area contributed by atoms with Gasteiger partial charge in [-0.15, -0.1) is 0 Å². The third-order valence-electron chi connectivity index (χ3n) is 5.40. The van der Waals surface area contributed by atoms with E-state index in [1.807, 2.05) is 62.4 Å². The molecule has 0 fully saturated rings. The maximum absolute atomic E-state index is 12.9. The van der Waals surface area contributed by atoms with Crippen LogP contribution in [0.5, 0.6) is 0 Å². The van der Waals surface area contributed by atoms with Gasteiger partial charge in [-0.05, 0) is 42.7 Å². The summed E-state index contributed by atoms with van der Waals surface area (Å²) in [5, 5.41) is 5.10. The van der Waals surface area contributed by atoms with Crippen LogP contribution in [0.15, 0.2) is 83.7 Å². The molecule has 34 heavy (non-hydrogen) atoms. The Morgan fingerprint density at radius 1 is 0.912 bits per heavy atom. The molecule has 2 amide bonds. The van der Waals surface area contributed by atoms with Gasteiger partial charge in [-0.3, -0.25) is 25.2 Å². The van der Waals surface area contributed by atoms with E-state index in [0.717, 1.165) is 22.3 Å². The molecule has 7 heteroatoms. The Balaban J connectivity index is 1.54. The minimum Gasteiger partial charge on any atom is -0.268 e. The lowest BCUT2D eigenvalue weighted by molar-refractivity contribution is -0.117. The number of benzene rings is 3. The SMILES string of the molecule is Cc1ccc(/C=C/C(=O)NNC(=O)c2nn(Cc3ccccc3)c(=O)c3ccccc23)c(C)c1. The van der Waals surface area contributed by atoms with Crippen molar-refractivity contribution in [1.82, 2.24) is 20.6 Å². The van der Waals surface area contributed by atoms with Gasteiger partial charge in [0.25, 0.3) is 17.4 Å². The molecule has 4 aromatic rings. The van der Waals surface area contributed by atoms with Crippen LogP contribution in [-0.4, -0.2) is 21.6 Å². The number of amides is 2. The fraction of sp³-hybridized carbons (Fsp3) is 0.111. The van der Waals surface area contributed by atoms with Gasteiger partial charge >= 0.3 is 0 Å². The molecule has 3 aromatic carbocycles. The zero-order valence-corrected chi connectivity index (χ0v) is 18.9. The number of hydrazine groups is 1. The van der Waals surface area contributed by atoms with Gasteiger partial charge in [0.2, 0.25) is 0 Å². The average Bonchev–Trinajstić information content (AvgIpc) is 2.84. The zero-order valence-electron chi connectivity index (χ0n) is 18.9. The van der Waals surface area contributed by atoms with Crippen LogP contribution in [0.4, 0.5) is 0 Å². The predicted octanol–water partition coefficient (Wildman–Crippen LogP) is 3.54. The molecule has 1 aromatic heterocycles. The van der Waals surface area contributed by atoms with E-state index in [-0.39, 0.29) is 17.8 Å². The van der Waals surface area contributed by atoms with Crippen LogP contribution in [0.25, 0.3) is 16.8 Å². The van der Waals surface area contributed by atoms with Crippen LogP contribution in [0, 0.1) is 13.8 Å². The van der Waals surface area contributed by atoms with Crippen LogP contribution < -0.4 is 16.4 Å². The van der Waals surface area contributed by atoms with Crippen LogP contribution in [0.2, 0.25) is 0 Å². The van der Waals surface area contributed by atoms with E-state index in [9.17, 15) is 14.4 Å². The quantitative estimate of drug-likeness (QED) is 0.358. The summed E-state index contributed by atoms with van der Waals surface area (Å²) in [5.41, 5.74) is 8.50. The molecule has 0 atom stereocenters. The molecule has 4 rings (SSSR count). The van der Waals surface area contributed by atoms with E-state index in [0.29, 0.717) is 10.8 Å². The van der Waals surface area contributed by atoms with Gasteiger partial charge in [0.1, 0.15) is 0 Å². The van der Waals surface area contributed by atoms with Crippen molar-refractivity contribution in [3.05, 3.63) is 117 Å². The fourth-order valence-corrected chi connectivity index (χ4v) is 3.66.